The van der Waals surface area contributed by atoms with Crippen LogP contribution in [0.4, 0.5) is 4.79 Å². The maximum atomic E-state index is 12.1. The van der Waals surface area contributed by atoms with Crippen LogP contribution in [0.5, 0.6) is 5.88 Å². The van der Waals surface area contributed by atoms with Gasteiger partial charge in [0, 0.05) is 19.6 Å². The van der Waals surface area contributed by atoms with Gasteiger partial charge >= 0.3 is 12.1 Å². The van der Waals surface area contributed by atoms with Gasteiger partial charge in [0.2, 0.25) is 5.88 Å². The van der Waals surface area contributed by atoms with Gasteiger partial charge in [-0.2, -0.15) is 0 Å². The molecule has 1 aliphatic heterocycles. The fourth-order valence-electron chi connectivity index (χ4n) is 2.30. The summed E-state index contributed by atoms with van der Waals surface area (Å²) in [6.07, 6.45) is -0.383. The molecule has 2 rings (SSSR count). The Kier molecular flexibility index (Phi) is 6.07. The van der Waals surface area contributed by atoms with E-state index in [9.17, 15) is 9.59 Å². The molecule has 1 amide bonds. The summed E-state index contributed by atoms with van der Waals surface area (Å²) in [5, 5.41) is 12.5. The first-order chi connectivity index (χ1) is 11.7. The van der Waals surface area contributed by atoms with Gasteiger partial charge in [-0.3, -0.25) is 0 Å². The number of hydrogen-bond donors (Lipinski definition) is 2. The maximum absolute atomic E-state index is 12.1. The standard InChI is InChI=1S/C16H22ClN3O5/c1-16(2,3)25-15(23)20-7-6-18-10(8-20)9-24-13-11(14(21)22)4-5-12(17)19-13/h4-5,10,18H,6-9H2,1-3H3,(H,21,22). The van der Waals surface area contributed by atoms with Crippen molar-refractivity contribution in [3.05, 3.63) is 22.8 Å². The zero-order valence-electron chi connectivity index (χ0n) is 14.4. The number of carboxylic acids is 1. The lowest BCUT2D eigenvalue weighted by Gasteiger charge is -2.34. The minimum atomic E-state index is -1.15. The highest BCUT2D eigenvalue weighted by atomic mass is 35.5. The van der Waals surface area contributed by atoms with Crippen LogP contribution >= 0.6 is 11.6 Å². The van der Waals surface area contributed by atoms with Crippen molar-refractivity contribution in [1.29, 1.82) is 0 Å². The van der Waals surface area contributed by atoms with Gasteiger partial charge in [0.25, 0.3) is 0 Å². The Morgan fingerprint density at radius 2 is 2.16 bits per heavy atom. The highest BCUT2D eigenvalue weighted by Crippen LogP contribution is 2.19. The fourth-order valence-corrected chi connectivity index (χ4v) is 2.44. The lowest BCUT2D eigenvalue weighted by atomic mass is 10.2. The molecule has 2 N–H and O–H groups in total. The number of rotatable bonds is 4. The number of carboxylic acid groups (broad SMARTS) is 1. The molecule has 0 spiro atoms. The molecule has 0 aromatic carbocycles. The molecule has 1 unspecified atom stereocenters. The number of amides is 1. The Labute approximate surface area is 151 Å². The van der Waals surface area contributed by atoms with Gasteiger partial charge in [-0.15, -0.1) is 0 Å². The van der Waals surface area contributed by atoms with Crippen LogP contribution in [0.1, 0.15) is 31.1 Å². The zero-order valence-corrected chi connectivity index (χ0v) is 15.2. The van der Waals surface area contributed by atoms with Crippen LogP contribution in [0, 0.1) is 0 Å². The third-order valence-corrected chi connectivity index (χ3v) is 3.60. The lowest BCUT2D eigenvalue weighted by Crippen LogP contribution is -2.55. The number of nitrogens with zero attached hydrogens (tertiary/aromatic N) is 2. The Morgan fingerprint density at radius 3 is 2.80 bits per heavy atom. The van der Waals surface area contributed by atoms with Crippen LogP contribution in [0.3, 0.4) is 0 Å². The zero-order chi connectivity index (χ0) is 18.6. The normalized spacial score (nSPS) is 17.9. The fraction of sp³-hybridized carbons (Fsp3) is 0.562. The van der Waals surface area contributed by atoms with Gasteiger partial charge in [-0.1, -0.05) is 11.6 Å². The quantitative estimate of drug-likeness (QED) is 0.781. The molecule has 8 nitrogen and oxygen atoms in total. The molecule has 25 heavy (non-hydrogen) atoms. The molecular formula is C16H22ClN3O5. The van der Waals surface area contributed by atoms with E-state index in [2.05, 4.69) is 10.3 Å². The monoisotopic (exact) mass is 371 g/mol. The van der Waals surface area contributed by atoms with Crippen molar-refractivity contribution in [2.24, 2.45) is 0 Å². The number of hydrogen-bond acceptors (Lipinski definition) is 6. The average molecular weight is 372 g/mol. The second-order valence-electron chi connectivity index (χ2n) is 6.68. The van der Waals surface area contributed by atoms with Crippen molar-refractivity contribution in [3.63, 3.8) is 0 Å². The van der Waals surface area contributed by atoms with Gasteiger partial charge in [0.1, 0.15) is 22.9 Å². The van der Waals surface area contributed by atoms with E-state index in [4.69, 9.17) is 26.2 Å². The van der Waals surface area contributed by atoms with Crippen molar-refractivity contribution in [3.8, 4) is 5.88 Å². The van der Waals surface area contributed by atoms with Gasteiger partial charge < -0.3 is 24.8 Å². The average Bonchev–Trinajstić information content (AvgIpc) is 2.51. The Hall–Kier alpha value is -2.06. The summed E-state index contributed by atoms with van der Waals surface area (Å²) in [5.74, 6) is -1.19. The van der Waals surface area contributed by atoms with Crippen molar-refractivity contribution in [2.45, 2.75) is 32.4 Å². The second-order valence-corrected chi connectivity index (χ2v) is 7.07. The smallest absolute Gasteiger partial charge is 0.410 e. The molecule has 2 heterocycles. The minimum Gasteiger partial charge on any atom is -0.477 e. The molecule has 138 valence electrons. The van der Waals surface area contributed by atoms with E-state index in [0.717, 1.165) is 0 Å². The SMILES string of the molecule is CC(C)(C)OC(=O)N1CCNC(COc2nc(Cl)ccc2C(=O)O)C1. The summed E-state index contributed by atoms with van der Waals surface area (Å²) in [5.41, 5.74) is -0.626. The molecule has 0 radical (unpaired) electrons. The van der Waals surface area contributed by atoms with Crippen LogP contribution in [0.25, 0.3) is 0 Å². The van der Waals surface area contributed by atoms with Crippen LogP contribution in [-0.2, 0) is 4.74 Å². The molecule has 1 aromatic heterocycles. The summed E-state index contributed by atoms with van der Waals surface area (Å²) in [6.45, 7) is 7.08. The Morgan fingerprint density at radius 1 is 1.44 bits per heavy atom. The van der Waals surface area contributed by atoms with Crippen LogP contribution in [0.15, 0.2) is 12.1 Å². The van der Waals surface area contributed by atoms with E-state index in [1.165, 1.54) is 12.1 Å². The third-order valence-electron chi connectivity index (χ3n) is 3.39. The topological polar surface area (TPSA) is 101 Å². The van der Waals surface area contributed by atoms with E-state index in [0.29, 0.717) is 19.6 Å². The number of pyridine rings is 1. The summed E-state index contributed by atoms with van der Waals surface area (Å²) in [7, 11) is 0. The first-order valence-corrected chi connectivity index (χ1v) is 8.27. The number of piperazine rings is 1. The number of carbonyl (C=O) groups excluding carboxylic acids is 1. The van der Waals surface area contributed by atoms with Crippen molar-refractivity contribution >= 4 is 23.7 Å². The lowest BCUT2D eigenvalue weighted by molar-refractivity contribution is 0.0177. The maximum Gasteiger partial charge on any atom is 0.410 e. The molecule has 1 atom stereocenters. The molecule has 1 fully saturated rings. The number of aromatic carboxylic acids is 1. The predicted octanol–water partition coefficient (Wildman–Crippen LogP) is 2.02. The highest BCUT2D eigenvalue weighted by Gasteiger charge is 2.28. The van der Waals surface area contributed by atoms with E-state index in [-0.39, 0.29) is 35.3 Å². The largest absolute Gasteiger partial charge is 0.477 e. The summed E-state index contributed by atoms with van der Waals surface area (Å²) < 4.78 is 10.9. The van der Waals surface area contributed by atoms with Crippen molar-refractivity contribution in [2.75, 3.05) is 26.2 Å². The van der Waals surface area contributed by atoms with Crippen molar-refractivity contribution < 1.29 is 24.2 Å². The van der Waals surface area contributed by atoms with Crippen LogP contribution in [0.2, 0.25) is 5.15 Å². The number of halogens is 1. The highest BCUT2D eigenvalue weighted by molar-refractivity contribution is 6.29. The van der Waals surface area contributed by atoms with Crippen LogP contribution in [-0.4, -0.2) is 64.9 Å². The summed E-state index contributed by atoms with van der Waals surface area (Å²) >= 11 is 5.80. The number of nitrogens with one attached hydrogen (secondary N) is 1. The van der Waals surface area contributed by atoms with E-state index < -0.39 is 11.6 Å². The first-order valence-electron chi connectivity index (χ1n) is 7.89. The van der Waals surface area contributed by atoms with E-state index >= 15 is 0 Å². The molecule has 1 aromatic rings. The number of carbonyl (C=O) groups is 2. The molecule has 1 aliphatic rings. The molecule has 0 bridgehead atoms. The van der Waals surface area contributed by atoms with Gasteiger partial charge in [-0.25, -0.2) is 14.6 Å². The molecule has 1 saturated heterocycles. The summed E-state index contributed by atoms with van der Waals surface area (Å²) in [6, 6.07) is 2.55. The third kappa shape index (κ3) is 5.75. The summed E-state index contributed by atoms with van der Waals surface area (Å²) in [4.78, 5) is 28.9. The van der Waals surface area contributed by atoms with Crippen molar-refractivity contribution in [1.82, 2.24) is 15.2 Å². The van der Waals surface area contributed by atoms with E-state index in [1.54, 1.807) is 4.90 Å². The van der Waals surface area contributed by atoms with Crippen LogP contribution < -0.4 is 10.1 Å². The first kappa shape index (κ1) is 19.3. The Balaban J connectivity index is 1.96. The molecule has 0 saturated carbocycles. The van der Waals surface area contributed by atoms with Gasteiger partial charge in [0.15, 0.2) is 0 Å². The molecule has 9 heteroatoms. The number of aromatic nitrogens is 1. The predicted molar refractivity (Wildman–Crippen MR) is 91.3 cm³/mol. The van der Waals surface area contributed by atoms with Gasteiger partial charge in [-0.05, 0) is 32.9 Å². The second kappa shape index (κ2) is 7.88. The minimum absolute atomic E-state index is 0.0452. The molecular weight excluding hydrogens is 350 g/mol. The Bertz CT molecular complexity index is 647. The molecule has 0 aliphatic carbocycles. The van der Waals surface area contributed by atoms with E-state index in [1.807, 2.05) is 20.8 Å². The number of ether oxygens (including phenoxy) is 2. The van der Waals surface area contributed by atoms with Gasteiger partial charge in [0.05, 0.1) is 6.04 Å².